The number of anilines is 1. The van der Waals surface area contributed by atoms with E-state index >= 15 is 0 Å². The maximum atomic E-state index is 12.6. The standard InChI is InChI=1S/C19H19N2O5PS/c1-12(2)25-15-9-13(18(22)21-19-20-7-8-28-19)10-16(11-15)26-14-3-5-17(6-4-14)27(23)24/h3-12,27H,1-2H3,(H,23,24)(H,20,21,22). The predicted molar refractivity (Wildman–Crippen MR) is 110 cm³/mol. The largest absolute Gasteiger partial charge is 0.491 e. The van der Waals surface area contributed by atoms with E-state index in [0.717, 1.165) is 0 Å². The Kier molecular flexibility index (Phi) is 6.46. The molecule has 0 fully saturated rings. The Balaban J connectivity index is 1.86. The molecular weight excluding hydrogens is 399 g/mol. The lowest BCUT2D eigenvalue weighted by molar-refractivity contribution is 0.102. The van der Waals surface area contributed by atoms with Crippen molar-refractivity contribution in [3.63, 3.8) is 0 Å². The molecular formula is C19H19N2O5PS. The van der Waals surface area contributed by atoms with Crippen molar-refractivity contribution in [2.24, 2.45) is 0 Å². The Labute approximate surface area is 166 Å². The summed E-state index contributed by atoms with van der Waals surface area (Å²) >= 11 is 1.32. The molecule has 1 atom stereocenters. The molecule has 1 heterocycles. The van der Waals surface area contributed by atoms with Gasteiger partial charge >= 0.3 is 0 Å². The number of carbonyl (C=O) groups excluding carboxylic acids is 1. The van der Waals surface area contributed by atoms with Gasteiger partial charge in [-0.1, -0.05) is 0 Å². The molecule has 0 aliphatic heterocycles. The lowest BCUT2D eigenvalue weighted by atomic mass is 10.2. The van der Waals surface area contributed by atoms with Crippen molar-refractivity contribution in [3.05, 3.63) is 59.6 Å². The third-order valence-electron chi connectivity index (χ3n) is 3.50. The van der Waals surface area contributed by atoms with Gasteiger partial charge in [0.15, 0.2) is 5.13 Å². The fraction of sp³-hybridized carbons (Fsp3) is 0.158. The number of benzene rings is 2. The minimum atomic E-state index is -2.75. The first-order chi connectivity index (χ1) is 13.4. The van der Waals surface area contributed by atoms with Crippen LogP contribution in [0.2, 0.25) is 0 Å². The fourth-order valence-electron chi connectivity index (χ4n) is 2.36. The predicted octanol–water partition coefficient (Wildman–Crippen LogP) is 4.07. The summed E-state index contributed by atoms with van der Waals surface area (Å²) in [5, 5.41) is 5.34. The summed E-state index contributed by atoms with van der Waals surface area (Å²) in [5.41, 5.74) is 0.361. The fourth-order valence-corrected chi connectivity index (χ4v) is 3.33. The van der Waals surface area contributed by atoms with Crippen LogP contribution in [0.5, 0.6) is 17.2 Å². The maximum Gasteiger partial charge on any atom is 0.257 e. The minimum Gasteiger partial charge on any atom is -0.491 e. The number of carbonyl (C=O) groups is 1. The molecule has 7 nitrogen and oxygen atoms in total. The molecule has 28 heavy (non-hydrogen) atoms. The second-order valence-electron chi connectivity index (χ2n) is 6.08. The third-order valence-corrected chi connectivity index (χ3v) is 5.02. The normalized spacial score (nSPS) is 11.9. The zero-order valence-electron chi connectivity index (χ0n) is 15.2. The number of rotatable bonds is 7. The van der Waals surface area contributed by atoms with Gasteiger partial charge in [0.25, 0.3) is 5.91 Å². The zero-order valence-corrected chi connectivity index (χ0v) is 17.0. The average molecular weight is 418 g/mol. The Bertz CT molecular complexity index is 974. The summed E-state index contributed by atoms with van der Waals surface area (Å²) < 4.78 is 22.7. The van der Waals surface area contributed by atoms with Crippen molar-refractivity contribution in [2.45, 2.75) is 20.0 Å². The first-order valence-corrected chi connectivity index (χ1v) is 10.7. The van der Waals surface area contributed by atoms with Crippen LogP contribution >= 0.6 is 19.4 Å². The maximum absolute atomic E-state index is 12.6. The summed E-state index contributed by atoms with van der Waals surface area (Å²) in [4.78, 5) is 25.8. The van der Waals surface area contributed by atoms with E-state index in [0.29, 0.717) is 33.2 Å². The van der Waals surface area contributed by atoms with Crippen LogP contribution in [0.15, 0.2) is 54.0 Å². The van der Waals surface area contributed by atoms with Crippen molar-refractivity contribution in [1.82, 2.24) is 4.98 Å². The second kappa shape index (κ2) is 9.01. The van der Waals surface area contributed by atoms with Gasteiger partial charge in [-0.2, -0.15) is 0 Å². The number of aromatic nitrogens is 1. The zero-order chi connectivity index (χ0) is 20.1. The highest BCUT2D eigenvalue weighted by Crippen LogP contribution is 2.29. The topological polar surface area (TPSA) is 97.8 Å². The Morgan fingerprint density at radius 3 is 2.46 bits per heavy atom. The number of ether oxygens (including phenoxy) is 2. The third kappa shape index (κ3) is 5.42. The number of amides is 1. The molecule has 9 heteroatoms. The Morgan fingerprint density at radius 1 is 1.14 bits per heavy atom. The average Bonchev–Trinajstić information content (AvgIpc) is 3.14. The Morgan fingerprint density at radius 2 is 1.86 bits per heavy atom. The molecule has 3 aromatic rings. The van der Waals surface area contributed by atoms with Gasteiger partial charge < -0.3 is 14.4 Å². The number of nitrogens with one attached hydrogen (secondary N) is 1. The first kappa shape index (κ1) is 20.1. The minimum absolute atomic E-state index is 0.0772. The number of hydrogen-bond acceptors (Lipinski definition) is 6. The van der Waals surface area contributed by atoms with Crippen LogP contribution in [0.3, 0.4) is 0 Å². The molecule has 0 bridgehead atoms. The van der Waals surface area contributed by atoms with Crippen LogP contribution in [-0.2, 0) is 4.57 Å². The highest BCUT2D eigenvalue weighted by molar-refractivity contribution is 7.47. The molecule has 0 aliphatic rings. The molecule has 1 unspecified atom stereocenters. The van der Waals surface area contributed by atoms with E-state index < -0.39 is 8.03 Å². The van der Waals surface area contributed by atoms with Gasteiger partial charge in [-0.05, 0) is 50.2 Å². The Hall–Kier alpha value is -2.67. The molecule has 3 rings (SSSR count). The summed E-state index contributed by atoms with van der Waals surface area (Å²) in [6, 6.07) is 11.2. The molecule has 1 aromatic heterocycles. The van der Waals surface area contributed by atoms with Gasteiger partial charge in [0.05, 0.1) is 6.10 Å². The molecule has 0 radical (unpaired) electrons. The molecule has 0 aliphatic carbocycles. The van der Waals surface area contributed by atoms with Crippen molar-refractivity contribution < 1.29 is 23.7 Å². The van der Waals surface area contributed by atoms with Crippen LogP contribution in [0.4, 0.5) is 5.13 Å². The lowest BCUT2D eigenvalue weighted by Crippen LogP contribution is -2.13. The molecule has 1 amide bonds. The van der Waals surface area contributed by atoms with Gasteiger partial charge in [-0.3, -0.25) is 14.7 Å². The molecule has 0 spiro atoms. The van der Waals surface area contributed by atoms with Crippen LogP contribution in [0.25, 0.3) is 0 Å². The summed E-state index contributed by atoms with van der Waals surface area (Å²) in [5.74, 6) is 1.05. The van der Waals surface area contributed by atoms with Crippen molar-refractivity contribution in [3.8, 4) is 17.2 Å². The smallest absolute Gasteiger partial charge is 0.257 e. The van der Waals surface area contributed by atoms with Gasteiger partial charge in [0, 0.05) is 28.5 Å². The van der Waals surface area contributed by atoms with Gasteiger partial charge in [0.1, 0.15) is 17.2 Å². The number of nitrogens with zero attached hydrogens (tertiary/aromatic N) is 1. The molecule has 2 aromatic carbocycles. The van der Waals surface area contributed by atoms with E-state index in [1.165, 1.54) is 23.5 Å². The molecule has 2 N–H and O–H groups in total. The van der Waals surface area contributed by atoms with E-state index in [1.54, 1.807) is 41.9 Å². The van der Waals surface area contributed by atoms with Crippen LogP contribution in [0.1, 0.15) is 24.2 Å². The SMILES string of the molecule is CC(C)Oc1cc(Oc2ccc([PH](=O)O)cc2)cc(C(=O)Nc2nccs2)c1. The van der Waals surface area contributed by atoms with Crippen molar-refractivity contribution >= 4 is 35.7 Å². The van der Waals surface area contributed by atoms with Crippen molar-refractivity contribution in [1.29, 1.82) is 0 Å². The quantitative estimate of drug-likeness (QED) is 0.562. The summed E-state index contributed by atoms with van der Waals surface area (Å²) in [6.45, 7) is 3.78. The number of hydrogen-bond donors (Lipinski definition) is 2. The monoisotopic (exact) mass is 418 g/mol. The number of thiazole rings is 1. The van der Waals surface area contributed by atoms with E-state index in [-0.39, 0.29) is 12.0 Å². The molecule has 0 saturated carbocycles. The van der Waals surface area contributed by atoms with E-state index in [9.17, 15) is 9.36 Å². The summed E-state index contributed by atoms with van der Waals surface area (Å²) in [6.07, 6.45) is 1.53. The van der Waals surface area contributed by atoms with E-state index in [1.807, 2.05) is 13.8 Å². The van der Waals surface area contributed by atoms with Gasteiger partial charge in [0.2, 0.25) is 8.03 Å². The van der Waals surface area contributed by atoms with Gasteiger partial charge in [-0.25, -0.2) is 4.98 Å². The van der Waals surface area contributed by atoms with Crippen molar-refractivity contribution in [2.75, 3.05) is 5.32 Å². The summed E-state index contributed by atoms with van der Waals surface area (Å²) in [7, 11) is -2.75. The molecule has 0 saturated heterocycles. The van der Waals surface area contributed by atoms with E-state index in [2.05, 4.69) is 10.3 Å². The highest BCUT2D eigenvalue weighted by atomic mass is 32.1. The second-order valence-corrected chi connectivity index (χ2v) is 8.16. The van der Waals surface area contributed by atoms with Gasteiger partial charge in [-0.15, -0.1) is 11.3 Å². The van der Waals surface area contributed by atoms with Crippen LogP contribution in [-0.4, -0.2) is 21.9 Å². The van der Waals surface area contributed by atoms with E-state index in [4.69, 9.17) is 14.4 Å². The highest BCUT2D eigenvalue weighted by Gasteiger charge is 2.13. The first-order valence-electron chi connectivity index (χ1n) is 8.44. The lowest BCUT2D eigenvalue weighted by Gasteiger charge is -2.14. The molecule has 146 valence electrons. The van der Waals surface area contributed by atoms with Crippen LogP contribution < -0.4 is 20.1 Å². The van der Waals surface area contributed by atoms with Crippen LogP contribution in [0, 0.1) is 0 Å².